The van der Waals surface area contributed by atoms with Crippen LogP contribution in [0.4, 0.5) is 13.2 Å². The van der Waals surface area contributed by atoms with E-state index in [0.717, 1.165) is 17.0 Å². The molecule has 0 aliphatic carbocycles. The van der Waals surface area contributed by atoms with Gasteiger partial charge in [0, 0.05) is 4.47 Å². The van der Waals surface area contributed by atoms with E-state index in [4.69, 9.17) is 10.5 Å². The van der Waals surface area contributed by atoms with Crippen LogP contribution in [0.2, 0.25) is 0 Å². The molecule has 0 N–H and O–H groups in total. The molecule has 0 saturated carbocycles. The van der Waals surface area contributed by atoms with E-state index < -0.39 is 17.6 Å². The van der Waals surface area contributed by atoms with Crippen LogP contribution in [-0.2, 0) is 6.18 Å². The third kappa shape index (κ3) is 3.72. The largest absolute Gasteiger partial charge is 0.416 e. The first-order chi connectivity index (χ1) is 9.31. The summed E-state index contributed by atoms with van der Waals surface area (Å²) < 4.78 is 38.0. The van der Waals surface area contributed by atoms with Gasteiger partial charge in [-0.15, -0.1) is 0 Å². The standard InChI is InChI=1S/C12H7BrF3N3O/c13-10-2-1-8(12(14,15)16)7-9(10)11(20)19(5-3-17)6-4-18/h1-2,7H,5-6H2. The maximum atomic E-state index is 12.6. The molecule has 0 aromatic heterocycles. The normalized spacial score (nSPS) is 10.5. The first kappa shape index (κ1) is 16.0. The van der Waals surface area contributed by atoms with E-state index in [2.05, 4.69) is 15.9 Å². The van der Waals surface area contributed by atoms with Gasteiger partial charge in [-0.1, -0.05) is 0 Å². The molecule has 104 valence electrons. The Kier molecular flexibility index (Phi) is 5.12. The number of carbonyl (C=O) groups is 1. The highest BCUT2D eigenvalue weighted by atomic mass is 79.9. The Morgan fingerprint density at radius 1 is 1.25 bits per heavy atom. The Morgan fingerprint density at radius 2 is 1.80 bits per heavy atom. The Labute approximate surface area is 121 Å². The molecule has 0 atom stereocenters. The first-order valence-electron chi connectivity index (χ1n) is 5.21. The van der Waals surface area contributed by atoms with Crippen molar-refractivity contribution in [1.29, 1.82) is 10.5 Å². The van der Waals surface area contributed by atoms with Crippen LogP contribution in [0, 0.1) is 22.7 Å². The van der Waals surface area contributed by atoms with Crippen molar-refractivity contribution < 1.29 is 18.0 Å². The second-order valence-electron chi connectivity index (χ2n) is 3.67. The zero-order chi connectivity index (χ0) is 15.3. The van der Waals surface area contributed by atoms with Gasteiger partial charge in [0.1, 0.15) is 13.1 Å². The molecule has 0 aliphatic rings. The van der Waals surface area contributed by atoms with Gasteiger partial charge in [0.2, 0.25) is 0 Å². The highest BCUT2D eigenvalue weighted by Gasteiger charge is 2.32. The molecule has 4 nitrogen and oxygen atoms in total. The molecule has 8 heteroatoms. The second-order valence-corrected chi connectivity index (χ2v) is 4.52. The van der Waals surface area contributed by atoms with Gasteiger partial charge in [-0.25, -0.2) is 0 Å². The smallest absolute Gasteiger partial charge is 0.312 e. The number of amides is 1. The Bertz CT molecular complexity index is 585. The molecule has 1 rings (SSSR count). The lowest BCUT2D eigenvalue weighted by Crippen LogP contribution is -2.32. The average molecular weight is 346 g/mol. The summed E-state index contributed by atoms with van der Waals surface area (Å²) >= 11 is 2.99. The van der Waals surface area contributed by atoms with Crippen LogP contribution in [0.15, 0.2) is 22.7 Å². The molecule has 1 amide bonds. The second kappa shape index (κ2) is 6.40. The van der Waals surface area contributed by atoms with E-state index in [9.17, 15) is 18.0 Å². The highest BCUT2D eigenvalue weighted by Crippen LogP contribution is 2.32. The van der Waals surface area contributed by atoms with Crippen molar-refractivity contribution in [2.24, 2.45) is 0 Å². The number of nitriles is 2. The lowest BCUT2D eigenvalue weighted by Gasteiger charge is -2.17. The van der Waals surface area contributed by atoms with Crippen molar-refractivity contribution in [3.63, 3.8) is 0 Å². The van der Waals surface area contributed by atoms with Crippen molar-refractivity contribution in [3.8, 4) is 12.1 Å². The minimum Gasteiger partial charge on any atom is -0.312 e. The SMILES string of the molecule is N#CCN(CC#N)C(=O)c1cc(C(F)(F)F)ccc1Br. The lowest BCUT2D eigenvalue weighted by molar-refractivity contribution is -0.137. The minimum atomic E-state index is -4.58. The van der Waals surface area contributed by atoms with Crippen molar-refractivity contribution in [2.75, 3.05) is 13.1 Å². The zero-order valence-corrected chi connectivity index (χ0v) is 11.5. The number of halogens is 4. The van der Waals surface area contributed by atoms with Crippen molar-refractivity contribution in [3.05, 3.63) is 33.8 Å². The van der Waals surface area contributed by atoms with Gasteiger partial charge in [-0.2, -0.15) is 23.7 Å². The Balaban J connectivity index is 3.21. The number of hydrogen-bond donors (Lipinski definition) is 0. The third-order valence-corrected chi connectivity index (χ3v) is 3.03. The van der Waals surface area contributed by atoms with Crippen LogP contribution < -0.4 is 0 Å². The highest BCUT2D eigenvalue weighted by molar-refractivity contribution is 9.10. The predicted octanol–water partition coefficient (Wildman–Crippen LogP) is 2.96. The van der Waals surface area contributed by atoms with Crippen LogP contribution in [-0.4, -0.2) is 23.9 Å². The molecule has 20 heavy (non-hydrogen) atoms. The molecule has 0 heterocycles. The molecule has 0 saturated heterocycles. The molecule has 1 aromatic carbocycles. The number of rotatable bonds is 3. The molecular formula is C12H7BrF3N3O. The van der Waals surface area contributed by atoms with Crippen LogP contribution in [0.1, 0.15) is 15.9 Å². The molecule has 0 aliphatic heterocycles. The summed E-state index contributed by atoms with van der Waals surface area (Å²) in [5.41, 5.74) is -1.22. The van der Waals surface area contributed by atoms with Gasteiger partial charge in [0.05, 0.1) is 23.3 Å². The summed E-state index contributed by atoms with van der Waals surface area (Å²) in [5.74, 6) is -0.814. The molecule has 0 fully saturated rings. The number of nitrogens with zero attached hydrogens (tertiary/aromatic N) is 3. The summed E-state index contributed by atoms with van der Waals surface area (Å²) in [7, 11) is 0. The number of alkyl halides is 3. The van der Waals surface area contributed by atoms with Crippen molar-refractivity contribution >= 4 is 21.8 Å². The van der Waals surface area contributed by atoms with Crippen molar-refractivity contribution in [1.82, 2.24) is 4.90 Å². The molecule has 1 aromatic rings. The van der Waals surface area contributed by atoms with Gasteiger partial charge >= 0.3 is 6.18 Å². The molecule has 0 radical (unpaired) electrons. The van der Waals surface area contributed by atoms with E-state index in [1.165, 1.54) is 0 Å². The number of benzene rings is 1. The monoisotopic (exact) mass is 345 g/mol. The lowest BCUT2D eigenvalue weighted by atomic mass is 10.1. The summed E-state index contributed by atoms with van der Waals surface area (Å²) in [6.07, 6.45) is -4.58. The number of carbonyl (C=O) groups excluding carboxylic acids is 1. The van der Waals surface area contributed by atoms with Gasteiger partial charge in [0.15, 0.2) is 0 Å². The third-order valence-electron chi connectivity index (χ3n) is 2.33. The summed E-state index contributed by atoms with van der Waals surface area (Å²) in [5, 5.41) is 17.1. The quantitative estimate of drug-likeness (QED) is 0.791. The van der Waals surface area contributed by atoms with E-state index in [1.54, 1.807) is 12.1 Å². The van der Waals surface area contributed by atoms with Gasteiger partial charge < -0.3 is 4.90 Å². The van der Waals surface area contributed by atoms with E-state index in [0.29, 0.717) is 6.07 Å². The summed E-state index contributed by atoms with van der Waals surface area (Å²) in [6.45, 7) is -0.760. The van der Waals surface area contributed by atoms with Crippen molar-refractivity contribution in [2.45, 2.75) is 6.18 Å². The van der Waals surface area contributed by atoms with E-state index >= 15 is 0 Å². The maximum absolute atomic E-state index is 12.6. The van der Waals surface area contributed by atoms with Gasteiger partial charge in [0.25, 0.3) is 5.91 Å². The molecule has 0 spiro atoms. The first-order valence-corrected chi connectivity index (χ1v) is 6.00. The van der Waals surface area contributed by atoms with E-state index in [-0.39, 0.29) is 23.1 Å². The fourth-order valence-corrected chi connectivity index (χ4v) is 1.82. The minimum absolute atomic E-state index is 0.163. The summed E-state index contributed by atoms with van der Waals surface area (Å²) in [6, 6.07) is 5.99. The van der Waals surface area contributed by atoms with Gasteiger partial charge in [-0.3, -0.25) is 4.79 Å². The molecule has 0 unspecified atom stereocenters. The van der Waals surface area contributed by atoms with Crippen LogP contribution >= 0.6 is 15.9 Å². The molecule has 0 bridgehead atoms. The Morgan fingerprint density at radius 3 is 2.25 bits per heavy atom. The summed E-state index contributed by atoms with van der Waals surface area (Å²) in [4.78, 5) is 12.9. The fraction of sp³-hybridized carbons (Fsp3) is 0.250. The Hall–Kier alpha value is -2.06. The van der Waals surface area contributed by atoms with Crippen LogP contribution in [0.25, 0.3) is 0 Å². The zero-order valence-electron chi connectivity index (χ0n) is 9.91. The average Bonchev–Trinajstić information content (AvgIpc) is 2.37. The van der Waals surface area contributed by atoms with Crippen LogP contribution in [0.5, 0.6) is 0 Å². The topological polar surface area (TPSA) is 67.9 Å². The van der Waals surface area contributed by atoms with E-state index in [1.807, 2.05) is 0 Å². The van der Waals surface area contributed by atoms with Crippen LogP contribution in [0.3, 0.4) is 0 Å². The fourth-order valence-electron chi connectivity index (χ4n) is 1.41. The maximum Gasteiger partial charge on any atom is 0.416 e. The number of hydrogen-bond acceptors (Lipinski definition) is 3. The predicted molar refractivity (Wildman–Crippen MR) is 66.3 cm³/mol. The molecular weight excluding hydrogens is 339 g/mol. The van der Waals surface area contributed by atoms with Gasteiger partial charge in [-0.05, 0) is 34.1 Å².